The Morgan fingerprint density at radius 2 is 2.00 bits per heavy atom. The van der Waals surface area contributed by atoms with Crippen LogP contribution in [0.4, 0.5) is 8.78 Å². The molecule has 0 bridgehead atoms. The Balaban J connectivity index is 2.18. The molecule has 0 aliphatic rings. The van der Waals surface area contributed by atoms with E-state index in [0.717, 1.165) is 23.7 Å². The Bertz CT molecular complexity index is 532. The van der Waals surface area contributed by atoms with Gasteiger partial charge in [-0.2, -0.15) is 0 Å². The highest BCUT2D eigenvalue weighted by atomic mass is 19.2. The molecule has 0 spiro atoms. The van der Waals surface area contributed by atoms with Gasteiger partial charge < -0.3 is 10.3 Å². The van der Waals surface area contributed by atoms with Crippen LogP contribution in [0.15, 0.2) is 36.5 Å². The lowest BCUT2D eigenvalue weighted by molar-refractivity contribution is 0.506. The van der Waals surface area contributed by atoms with Gasteiger partial charge in [0, 0.05) is 30.9 Å². The Labute approximate surface area is 105 Å². The van der Waals surface area contributed by atoms with Crippen LogP contribution < -0.4 is 5.73 Å². The highest BCUT2D eigenvalue weighted by molar-refractivity contribution is 5.20. The summed E-state index contributed by atoms with van der Waals surface area (Å²) in [6, 6.07) is 7.96. The molecule has 2 aromatic rings. The lowest BCUT2D eigenvalue weighted by Gasteiger charge is -2.11. The maximum Gasteiger partial charge on any atom is 0.159 e. The third kappa shape index (κ3) is 2.96. The van der Waals surface area contributed by atoms with Crippen molar-refractivity contribution < 1.29 is 8.78 Å². The van der Waals surface area contributed by atoms with Crippen LogP contribution in [0.1, 0.15) is 18.2 Å². The Morgan fingerprint density at radius 1 is 1.22 bits per heavy atom. The van der Waals surface area contributed by atoms with Crippen molar-refractivity contribution in [2.45, 2.75) is 25.9 Å². The van der Waals surface area contributed by atoms with E-state index in [9.17, 15) is 8.78 Å². The summed E-state index contributed by atoms with van der Waals surface area (Å²) in [5.74, 6) is -1.63. The van der Waals surface area contributed by atoms with Gasteiger partial charge in [-0.25, -0.2) is 8.78 Å². The van der Waals surface area contributed by atoms with Crippen LogP contribution in [-0.4, -0.2) is 10.6 Å². The predicted molar refractivity (Wildman–Crippen MR) is 67.2 cm³/mol. The van der Waals surface area contributed by atoms with E-state index in [4.69, 9.17) is 5.73 Å². The molecule has 1 atom stereocenters. The normalized spacial score (nSPS) is 12.7. The summed E-state index contributed by atoms with van der Waals surface area (Å²) >= 11 is 0. The topological polar surface area (TPSA) is 30.9 Å². The third-order valence-corrected chi connectivity index (χ3v) is 2.79. The molecule has 0 radical (unpaired) electrons. The molecule has 4 heteroatoms. The van der Waals surface area contributed by atoms with Crippen LogP contribution >= 0.6 is 0 Å². The lowest BCUT2D eigenvalue weighted by Crippen LogP contribution is -2.20. The van der Waals surface area contributed by atoms with Gasteiger partial charge in [-0.1, -0.05) is 6.07 Å². The van der Waals surface area contributed by atoms with Crippen molar-refractivity contribution in [3.8, 4) is 0 Å². The molecule has 2 nitrogen and oxygen atoms in total. The number of hydrogen-bond acceptors (Lipinski definition) is 1. The number of hydrogen-bond donors (Lipinski definition) is 1. The SMILES string of the molecule is CC(N)Cc1cccn1Cc1ccc(F)c(F)c1. The second kappa shape index (κ2) is 5.31. The van der Waals surface area contributed by atoms with E-state index in [1.807, 2.05) is 29.8 Å². The highest BCUT2D eigenvalue weighted by Crippen LogP contribution is 2.13. The first-order chi connectivity index (χ1) is 8.56. The van der Waals surface area contributed by atoms with E-state index in [1.54, 1.807) is 6.07 Å². The van der Waals surface area contributed by atoms with Crippen LogP contribution in [0, 0.1) is 11.6 Å². The summed E-state index contributed by atoms with van der Waals surface area (Å²) < 4.78 is 27.9. The fraction of sp³-hybridized carbons (Fsp3) is 0.286. The van der Waals surface area contributed by atoms with Crippen molar-refractivity contribution in [1.82, 2.24) is 4.57 Å². The van der Waals surface area contributed by atoms with E-state index in [2.05, 4.69) is 0 Å². The quantitative estimate of drug-likeness (QED) is 0.888. The molecule has 1 aromatic carbocycles. The smallest absolute Gasteiger partial charge is 0.159 e. The number of halogens is 2. The van der Waals surface area contributed by atoms with Crippen LogP contribution in [0.5, 0.6) is 0 Å². The summed E-state index contributed by atoms with van der Waals surface area (Å²) in [4.78, 5) is 0. The fourth-order valence-corrected chi connectivity index (χ4v) is 1.95. The van der Waals surface area contributed by atoms with Crippen molar-refractivity contribution in [1.29, 1.82) is 0 Å². The average Bonchev–Trinajstić information content (AvgIpc) is 2.70. The molecule has 96 valence electrons. The zero-order valence-corrected chi connectivity index (χ0v) is 10.2. The van der Waals surface area contributed by atoms with Crippen LogP contribution in [0.25, 0.3) is 0 Å². The molecule has 1 unspecified atom stereocenters. The van der Waals surface area contributed by atoms with E-state index in [1.165, 1.54) is 6.07 Å². The fourth-order valence-electron chi connectivity index (χ4n) is 1.95. The maximum atomic E-state index is 13.1. The van der Waals surface area contributed by atoms with E-state index >= 15 is 0 Å². The molecule has 0 aliphatic carbocycles. The van der Waals surface area contributed by atoms with E-state index in [-0.39, 0.29) is 6.04 Å². The molecule has 1 heterocycles. The summed E-state index contributed by atoms with van der Waals surface area (Å²) in [5, 5.41) is 0. The second-order valence-corrected chi connectivity index (χ2v) is 4.56. The molecular formula is C14H16F2N2. The van der Waals surface area contributed by atoms with Crippen LogP contribution in [0.2, 0.25) is 0 Å². The van der Waals surface area contributed by atoms with Crippen LogP contribution in [0.3, 0.4) is 0 Å². The zero-order valence-electron chi connectivity index (χ0n) is 10.2. The first kappa shape index (κ1) is 12.8. The first-order valence-electron chi connectivity index (χ1n) is 5.90. The minimum atomic E-state index is -0.818. The molecule has 0 fully saturated rings. The molecule has 0 saturated carbocycles. The molecule has 1 aromatic heterocycles. The summed E-state index contributed by atoms with van der Waals surface area (Å²) in [7, 11) is 0. The molecule has 18 heavy (non-hydrogen) atoms. The first-order valence-corrected chi connectivity index (χ1v) is 5.90. The Morgan fingerprint density at radius 3 is 2.67 bits per heavy atom. The van der Waals surface area contributed by atoms with E-state index in [0.29, 0.717) is 6.54 Å². The summed E-state index contributed by atoms with van der Waals surface area (Å²) in [6.07, 6.45) is 2.68. The monoisotopic (exact) mass is 250 g/mol. The zero-order chi connectivity index (χ0) is 13.1. The van der Waals surface area contributed by atoms with Gasteiger partial charge in [-0.3, -0.25) is 0 Å². The van der Waals surface area contributed by atoms with Gasteiger partial charge in [0.05, 0.1) is 0 Å². The summed E-state index contributed by atoms with van der Waals surface area (Å²) in [6.45, 7) is 2.46. The minimum absolute atomic E-state index is 0.0728. The third-order valence-electron chi connectivity index (χ3n) is 2.79. The number of benzene rings is 1. The van der Waals surface area contributed by atoms with Gasteiger partial charge in [0.25, 0.3) is 0 Å². The number of rotatable bonds is 4. The number of nitrogens with zero attached hydrogens (tertiary/aromatic N) is 1. The second-order valence-electron chi connectivity index (χ2n) is 4.56. The molecule has 0 saturated heterocycles. The average molecular weight is 250 g/mol. The molecule has 0 aliphatic heterocycles. The van der Waals surface area contributed by atoms with Gasteiger partial charge in [0.2, 0.25) is 0 Å². The summed E-state index contributed by atoms with van der Waals surface area (Å²) in [5.41, 5.74) is 7.59. The van der Waals surface area contributed by atoms with Crippen molar-refractivity contribution >= 4 is 0 Å². The van der Waals surface area contributed by atoms with Gasteiger partial charge in [0.15, 0.2) is 11.6 Å². The Kier molecular flexibility index (Phi) is 3.77. The van der Waals surface area contributed by atoms with Crippen molar-refractivity contribution in [2.75, 3.05) is 0 Å². The minimum Gasteiger partial charge on any atom is -0.347 e. The highest BCUT2D eigenvalue weighted by Gasteiger charge is 2.06. The number of nitrogens with two attached hydrogens (primary N) is 1. The largest absolute Gasteiger partial charge is 0.347 e. The number of aromatic nitrogens is 1. The van der Waals surface area contributed by atoms with Crippen molar-refractivity contribution in [3.05, 3.63) is 59.4 Å². The Hall–Kier alpha value is -1.68. The van der Waals surface area contributed by atoms with Crippen molar-refractivity contribution in [3.63, 3.8) is 0 Å². The van der Waals surface area contributed by atoms with E-state index < -0.39 is 11.6 Å². The lowest BCUT2D eigenvalue weighted by atomic mass is 10.2. The standard InChI is InChI=1S/C14H16F2N2/c1-10(17)7-12-3-2-6-18(12)9-11-4-5-13(15)14(16)8-11/h2-6,8,10H,7,9,17H2,1H3. The molecular weight excluding hydrogens is 234 g/mol. The molecule has 2 rings (SSSR count). The van der Waals surface area contributed by atoms with Gasteiger partial charge in [0.1, 0.15) is 0 Å². The molecule has 2 N–H and O–H groups in total. The maximum absolute atomic E-state index is 13.1. The van der Waals surface area contributed by atoms with Crippen molar-refractivity contribution in [2.24, 2.45) is 5.73 Å². The van der Waals surface area contributed by atoms with Gasteiger partial charge in [-0.05, 0) is 36.8 Å². The van der Waals surface area contributed by atoms with Crippen LogP contribution in [-0.2, 0) is 13.0 Å². The van der Waals surface area contributed by atoms with Gasteiger partial charge >= 0.3 is 0 Å². The molecule has 0 amide bonds. The van der Waals surface area contributed by atoms with Gasteiger partial charge in [-0.15, -0.1) is 0 Å². The predicted octanol–water partition coefficient (Wildman–Crippen LogP) is 2.70.